The van der Waals surface area contributed by atoms with E-state index in [1.54, 1.807) is 31.4 Å². The maximum Gasteiger partial charge on any atom is 0.356 e. The molecule has 0 aliphatic carbocycles. The molecule has 0 fully saturated rings. The van der Waals surface area contributed by atoms with Crippen LogP contribution in [0.25, 0.3) is 5.65 Å². The average Bonchev–Trinajstić information content (AvgIpc) is 2.80. The summed E-state index contributed by atoms with van der Waals surface area (Å²) in [7, 11) is 0. The van der Waals surface area contributed by atoms with Gasteiger partial charge < -0.3 is 14.6 Å². The van der Waals surface area contributed by atoms with E-state index in [1.807, 2.05) is 12.1 Å². The lowest BCUT2D eigenvalue weighted by Gasteiger charge is -2.16. The number of rotatable bonds is 6. The molecule has 6 nitrogen and oxygen atoms in total. The van der Waals surface area contributed by atoms with E-state index in [2.05, 4.69) is 4.98 Å². The highest BCUT2D eigenvalue weighted by atomic mass is 16.5. The summed E-state index contributed by atoms with van der Waals surface area (Å²) in [6, 6.07) is 3.69. The molecular formula is C15H20N2O4. The SMILES string of the molecule is CCOC(=O)c1cnc2cc(COCC(C)(C)O)ccn12. The van der Waals surface area contributed by atoms with E-state index < -0.39 is 11.6 Å². The van der Waals surface area contributed by atoms with Gasteiger partial charge in [-0.25, -0.2) is 9.78 Å². The van der Waals surface area contributed by atoms with Crippen molar-refractivity contribution in [1.82, 2.24) is 9.38 Å². The fourth-order valence-electron chi connectivity index (χ4n) is 1.89. The van der Waals surface area contributed by atoms with Crippen molar-refractivity contribution in [2.24, 2.45) is 0 Å². The molecule has 2 aromatic heterocycles. The number of ether oxygens (including phenoxy) is 2. The highest BCUT2D eigenvalue weighted by Crippen LogP contribution is 2.12. The zero-order valence-electron chi connectivity index (χ0n) is 12.5. The highest BCUT2D eigenvalue weighted by Gasteiger charge is 2.14. The quantitative estimate of drug-likeness (QED) is 0.822. The topological polar surface area (TPSA) is 73.1 Å². The summed E-state index contributed by atoms with van der Waals surface area (Å²) in [5, 5.41) is 9.59. The third-order valence-electron chi connectivity index (χ3n) is 2.79. The number of nitrogens with zero attached hydrogens (tertiary/aromatic N) is 2. The molecule has 0 atom stereocenters. The predicted octanol–water partition coefficient (Wildman–Crippen LogP) is 1.80. The van der Waals surface area contributed by atoms with Crippen molar-refractivity contribution in [3.05, 3.63) is 35.8 Å². The molecule has 114 valence electrons. The average molecular weight is 292 g/mol. The van der Waals surface area contributed by atoms with Gasteiger partial charge in [0.05, 0.1) is 31.6 Å². The summed E-state index contributed by atoms with van der Waals surface area (Å²) < 4.78 is 12.1. The maximum atomic E-state index is 11.8. The fourth-order valence-corrected chi connectivity index (χ4v) is 1.89. The van der Waals surface area contributed by atoms with Crippen molar-refractivity contribution in [2.75, 3.05) is 13.2 Å². The number of pyridine rings is 1. The fraction of sp³-hybridized carbons (Fsp3) is 0.467. The molecule has 0 bridgehead atoms. The van der Waals surface area contributed by atoms with Crippen LogP contribution in [-0.4, -0.2) is 39.3 Å². The lowest BCUT2D eigenvalue weighted by molar-refractivity contribution is -0.0268. The minimum absolute atomic E-state index is 0.251. The first-order valence-electron chi connectivity index (χ1n) is 6.84. The van der Waals surface area contributed by atoms with Gasteiger partial charge in [0.25, 0.3) is 0 Å². The highest BCUT2D eigenvalue weighted by molar-refractivity contribution is 5.88. The Morgan fingerprint density at radius 1 is 1.48 bits per heavy atom. The molecule has 0 aromatic carbocycles. The van der Waals surface area contributed by atoms with Gasteiger partial charge >= 0.3 is 5.97 Å². The number of fused-ring (bicyclic) bond motifs is 1. The molecule has 0 aliphatic rings. The normalized spacial score (nSPS) is 11.8. The summed E-state index contributed by atoms with van der Waals surface area (Å²) in [4.78, 5) is 15.9. The minimum atomic E-state index is -0.853. The van der Waals surface area contributed by atoms with Gasteiger partial charge in [-0.1, -0.05) is 0 Å². The van der Waals surface area contributed by atoms with E-state index in [1.165, 1.54) is 6.20 Å². The number of esters is 1. The Balaban J connectivity index is 2.11. The van der Waals surface area contributed by atoms with Gasteiger partial charge in [0.2, 0.25) is 0 Å². The number of imidazole rings is 1. The zero-order chi connectivity index (χ0) is 15.5. The predicted molar refractivity (Wildman–Crippen MR) is 77.1 cm³/mol. The molecule has 2 heterocycles. The smallest absolute Gasteiger partial charge is 0.356 e. The van der Waals surface area contributed by atoms with Crippen LogP contribution in [0.1, 0.15) is 36.8 Å². The molecule has 1 N–H and O–H groups in total. The number of aliphatic hydroxyl groups is 1. The Morgan fingerprint density at radius 3 is 2.90 bits per heavy atom. The molecule has 0 radical (unpaired) electrons. The number of carbonyl (C=O) groups is 1. The standard InChI is InChI=1S/C15H20N2O4/c1-4-21-14(18)12-8-16-13-7-11(5-6-17(12)13)9-20-10-15(2,3)19/h5-8,19H,4,9-10H2,1-3H3. The monoisotopic (exact) mass is 292 g/mol. The maximum absolute atomic E-state index is 11.8. The van der Waals surface area contributed by atoms with Crippen LogP contribution in [0.2, 0.25) is 0 Å². The van der Waals surface area contributed by atoms with Gasteiger partial charge in [0, 0.05) is 6.20 Å². The van der Waals surface area contributed by atoms with Crippen LogP contribution < -0.4 is 0 Å². The van der Waals surface area contributed by atoms with Crippen LogP contribution in [0.5, 0.6) is 0 Å². The van der Waals surface area contributed by atoms with Gasteiger partial charge in [-0.05, 0) is 38.5 Å². The molecule has 0 saturated heterocycles. The van der Waals surface area contributed by atoms with Gasteiger partial charge in [-0.3, -0.25) is 4.40 Å². The van der Waals surface area contributed by atoms with Crippen LogP contribution in [0.15, 0.2) is 24.5 Å². The third kappa shape index (κ3) is 4.03. The Labute approximate surface area is 123 Å². The molecule has 6 heteroatoms. The summed E-state index contributed by atoms with van der Waals surface area (Å²) in [5.41, 5.74) is 1.13. The Kier molecular flexibility index (Phi) is 4.59. The summed E-state index contributed by atoms with van der Waals surface area (Å²) in [6.45, 7) is 6.10. The van der Waals surface area contributed by atoms with Crippen LogP contribution in [0.4, 0.5) is 0 Å². The molecule has 0 aliphatic heterocycles. The molecule has 2 aromatic rings. The first kappa shape index (κ1) is 15.5. The summed E-state index contributed by atoms with van der Waals surface area (Å²) in [6.07, 6.45) is 3.26. The van der Waals surface area contributed by atoms with E-state index in [4.69, 9.17) is 9.47 Å². The molecule has 0 spiro atoms. The van der Waals surface area contributed by atoms with Crippen molar-refractivity contribution in [1.29, 1.82) is 0 Å². The summed E-state index contributed by atoms with van der Waals surface area (Å²) in [5.74, 6) is -0.393. The van der Waals surface area contributed by atoms with E-state index in [9.17, 15) is 9.90 Å². The summed E-state index contributed by atoms with van der Waals surface area (Å²) >= 11 is 0. The van der Waals surface area contributed by atoms with Crippen molar-refractivity contribution < 1.29 is 19.4 Å². The van der Waals surface area contributed by atoms with Crippen LogP contribution in [-0.2, 0) is 16.1 Å². The van der Waals surface area contributed by atoms with Crippen molar-refractivity contribution in [3.63, 3.8) is 0 Å². The molecule has 21 heavy (non-hydrogen) atoms. The molecular weight excluding hydrogens is 272 g/mol. The second-order valence-corrected chi connectivity index (χ2v) is 5.43. The minimum Gasteiger partial charge on any atom is -0.461 e. The Bertz CT molecular complexity index is 628. The number of aromatic nitrogens is 2. The number of carbonyl (C=O) groups excluding carboxylic acids is 1. The third-order valence-corrected chi connectivity index (χ3v) is 2.79. The first-order valence-corrected chi connectivity index (χ1v) is 6.84. The molecule has 2 rings (SSSR count). The van der Waals surface area contributed by atoms with Gasteiger partial charge in [-0.15, -0.1) is 0 Å². The number of hydrogen-bond acceptors (Lipinski definition) is 5. The largest absolute Gasteiger partial charge is 0.461 e. The van der Waals surface area contributed by atoms with Crippen LogP contribution >= 0.6 is 0 Å². The first-order chi connectivity index (χ1) is 9.90. The second-order valence-electron chi connectivity index (χ2n) is 5.43. The lowest BCUT2D eigenvalue weighted by Crippen LogP contribution is -2.25. The zero-order valence-corrected chi connectivity index (χ0v) is 12.5. The van der Waals surface area contributed by atoms with Crippen LogP contribution in [0.3, 0.4) is 0 Å². The van der Waals surface area contributed by atoms with E-state index in [-0.39, 0.29) is 6.61 Å². The lowest BCUT2D eigenvalue weighted by atomic mass is 10.2. The van der Waals surface area contributed by atoms with Crippen molar-refractivity contribution >= 4 is 11.6 Å². The molecule has 0 saturated carbocycles. The van der Waals surface area contributed by atoms with Crippen molar-refractivity contribution in [3.8, 4) is 0 Å². The molecule has 0 unspecified atom stereocenters. The van der Waals surface area contributed by atoms with Gasteiger partial charge in [0.15, 0.2) is 5.69 Å². The number of hydrogen-bond donors (Lipinski definition) is 1. The van der Waals surface area contributed by atoms with Crippen molar-refractivity contribution in [2.45, 2.75) is 33.0 Å². The van der Waals surface area contributed by atoms with E-state index in [0.29, 0.717) is 24.6 Å². The van der Waals surface area contributed by atoms with E-state index in [0.717, 1.165) is 5.56 Å². The molecule has 0 amide bonds. The second kappa shape index (κ2) is 6.24. The Hall–Kier alpha value is -1.92. The van der Waals surface area contributed by atoms with Crippen LogP contribution in [0, 0.1) is 0 Å². The van der Waals surface area contributed by atoms with Gasteiger partial charge in [-0.2, -0.15) is 0 Å². The van der Waals surface area contributed by atoms with E-state index >= 15 is 0 Å². The van der Waals surface area contributed by atoms with Gasteiger partial charge in [0.1, 0.15) is 5.65 Å². The Morgan fingerprint density at radius 2 is 2.24 bits per heavy atom.